The fraction of sp³-hybridized carbons (Fsp3) is 0.381. The van der Waals surface area contributed by atoms with Crippen molar-refractivity contribution in [3.63, 3.8) is 0 Å². The summed E-state index contributed by atoms with van der Waals surface area (Å²) in [5.74, 6) is 1.44. The molecule has 1 aliphatic rings. The van der Waals surface area contributed by atoms with Gasteiger partial charge < -0.3 is 15.4 Å². The van der Waals surface area contributed by atoms with Crippen molar-refractivity contribution in [2.75, 3.05) is 20.2 Å². The van der Waals surface area contributed by atoms with E-state index in [0.717, 1.165) is 30.8 Å². The summed E-state index contributed by atoms with van der Waals surface area (Å²) in [6.07, 6.45) is 3.62. The van der Waals surface area contributed by atoms with Crippen LogP contribution in [-0.2, 0) is 13.0 Å². The van der Waals surface area contributed by atoms with Gasteiger partial charge in [-0.3, -0.25) is 4.79 Å². The molecular formula is C21H26N2O2. The molecule has 2 N–H and O–H groups in total. The van der Waals surface area contributed by atoms with Gasteiger partial charge in [-0.2, -0.15) is 0 Å². The SMILES string of the molecule is COc1ccccc1CNC(=O)c1ccc(C[C@H]2CCCNC2)cc1. The molecule has 0 radical (unpaired) electrons. The lowest BCUT2D eigenvalue weighted by molar-refractivity contribution is 0.0950. The van der Waals surface area contributed by atoms with E-state index >= 15 is 0 Å². The molecule has 132 valence electrons. The molecule has 4 heteroatoms. The minimum absolute atomic E-state index is 0.0585. The molecule has 0 saturated carbocycles. The fourth-order valence-corrected chi connectivity index (χ4v) is 3.35. The molecular weight excluding hydrogens is 312 g/mol. The van der Waals surface area contributed by atoms with Gasteiger partial charge in [-0.1, -0.05) is 30.3 Å². The van der Waals surface area contributed by atoms with Crippen molar-refractivity contribution in [1.82, 2.24) is 10.6 Å². The molecule has 2 aromatic carbocycles. The first-order valence-corrected chi connectivity index (χ1v) is 8.96. The van der Waals surface area contributed by atoms with Gasteiger partial charge in [0.15, 0.2) is 0 Å². The lowest BCUT2D eigenvalue weighted by Gasteiger charge is -2.22. The van der Waals surface area contributed by atoms with Crippen molar-refractivity contribution in [1.29, 1.82) is 0 Å². The quantitative estimate of drug-likeness (QED) is 0.851. The van der Waals surface area contributed by atoms with Gasteiger partial charge in [-0.05, 0) is 62.0 Å². The van der Waals surface area contributed by atoms with Crippen LogP contribution in [0.1, 0.15) is 34.3 Å². The number of benzene rings is 2. The summed E-state index contributed by atoms with van der Waals surface area (Å²) >= 11 is 0. The number of carbonyl (C=O) groups is 1. The number of rotatable bonds is 6. The first kappa shape index (κ1) is 17.5. The number of hydrogen-bond donors (Lipinski definition) is 2. The molecule has 1 amide bonds. The number of para-hydroxylation sites is 1. The van der Waals surface area contributed by atoms with E-state index in [1.165, 1.54) is 18.4 Å². The lowest BCUT2D eigenvalue weighted by atomic mass is 9.92. The summed E-state index contributed by atoms with van der Waals surface area (Å²) < 4.78 is 5.31. The van der Waals surface area contributed by atoms with Crippen LogP contribution >= 0.6 is 0 Å². The molecule has 2 aromatic rings. The number of hydrogen-bond acceptors (Lipinski definition) is 3. The van der Waals surface area contributed by atoms with Crippen molar-refractivity contribution in [2.24, 2.45) is 5.92 Å². The largest absolute Gasteiger partial charge is 0.496 e. The van der Waals surface area contributed by atoms with E-state index in [1.54, 1.807) is 7.11 Å². The van der Waals surface area contributed by atoms with E-state index in [9.17, 15) is 4.79 Å². The van der Waals surface area contributed by atoms with Crippen molar-refractivity contribution >= 4 is 5.91 Å². The second-order valence-corrected chi connectivity index (χ2v) is 6.61. The average molecular weight is 338 g/mol. The molecule has 25 heavy (non-hydrogen) atoms. The average Bonchev–Trinajstić information content (AvgIpc) is 2.67. The van der Waals surface area contributed by atoms with Crippen LogP contribution in [0.25, 0.3) is 0 Å². The van der Waals surface area contributed by atoms with Crippen LogP contribution in [0.5, 0.6) is 5.75 Å². The molecule has 1 fully saturated rings. The highest BCUT2D eigenvalue weighted by Crippen LogP contribution is 2.18. The number of methoxy groups -OCH3 is 1. The van der Waals surface area contributed by atoms with Crippen molar-refractivity contribution < 1.29 is 9.53 Å². The normalized spacial score (nSPS) is 17.1. The molecule has 1 aliphatic heterocycles. The van der Waals surface area contributed by atoms with Crippen LogP contribution in [-0.4, -0.2) is 26.1 Å². The van der Waals surface area contributed by atoms with Gasteiger partial charge in [0.1, 0.15) is 5.75 Å². The predicted molar refractivity (Wildman–Crippen MR) is 99.9 cm³/mol. The summed E-state index contributed by atoms with van der Waals surface area (Å²) in [7, 11) is 1.64. The second-order valence-electron chi connectivity index (χ2n) is 6.61. The van der Waals surface area contributed by atoms with E-state index in [0.29, 0.717) is 18.0 Å². The first-order valence-electron chi connectivity index (χ1n) is 8.96. The third-order valence-corrected chi connectivity index (χ3v) is 4.77. The zero-order chi connectivity index (χ0) is 17.5. The molecule has 0 unspecified atom stereocenters. The van der Waals surface area contributed by atoms with Crippen LogP contribution < -0.4 is 15.4 Å². The van der Waals surface area contributed by atoms with Gasteiger partial charge in [0.25, 0.3) is 5.91 Å². The third kappa shape index (κ3) is 4.83. The molecule has 4 nitrogen and oxygen atoms in total. The highest BCUT2D eigenvalue weighted by molar-refractivity contribution is 5.94. The Kier molecular flexibility index (Phi) is 6.07. The van der Waals surface area contributed by atoms with Crippen LogP contribution in [0, 0.1) is 5.92 Å². The van der Waals surface area contributed by atoms with Gasteiger partial charge in [0.05, 0.1) is 7.11 Å². The minimum Gasteiger partial charge on any atom is -0.496 e. The number of carbonyl (C=O) groups excluding carboxylic acids is 1. The Balaban J connectivity index is 1.55. The van der Waals surface area contributed by atoms with Crippen molar-refractivity contribution in [3.8, 4) is 5.75 Å². The molecule has 1 heterocycles. The van der Waals surface area contributed by atoms with E-state index in [4.69, 9.17) is 4.74 Å². The number of nitrogens with one attached hydrogen (secondary N) is 2. The van der Waals surface area contributed by atoms with Gasteiger partial charge in [0.2, 0.25) is 0 Å². The highest BCUT2D eigenvalue weighted by Gasteiger charge is 2.14. The summed E-state index contributed by atoms with van der Waals surface area (Å²) in [6.45, 7) is 2.70. The smallest absolute Gasteiger partial charge is 0.251 e. The van der Waals surface area contributed by atoms with E-state index in [2.05, 4.69) is 22.8 Å². The Morgan fingerprint density at radius 3 is 2.72 bits per heavy atom. The van der Waals surface area contributed by atoms with Crippen molar-refractivity contribution in [3.05, 3.63) is 65.2 Å². The van der Waals surface area contributed by atoms with E-state index < -0.39 is 0 Å². The fourth-order valence-electron chi connectivity index (χ4n) is 3.35. The summed E-state index contributed by atoms with van der Waals surface area (Å²) in [5.41, 5.74) is 2.97. The Bertz CT molecular complexity index is 691. The number of amides is 1. The topological polar surface area (TPSA) is 50.4 Å². The van der Waals surface area contributed by atoms with E-state index in [-0.39, 0.29) is 5.91 Å². The van der Waals surface area contributed by atoms with Crippen LogP contribution in [0.15, 0.2) is 48.5 Å². The minimum atomic E-state index is -0.0585. The Labute approximate surface area is 149 Å². The van der Waals surface area contributed by atoms with Gasteiger partial charge in [0, 0.05) is 17.7 Å². The zero-order valence-corrected chi connectivity index (χ0v) is 14.8. The monoisotopic (exact) mass is 338 g/mol. The van der Waals surface area contributed by atoms with Crippen molar-refractivity contribution in [2.45, 2.75) is 25.8 Å². The van der Waals surface area contributed by atoms with Gasteiger partial charge in [-0.15, -0.1) is 0 Å². The standard InChI is InChI=1S/C21H26N2O2/c1-25-20-7-3-2-6-19(20)15-23-21(24)18-10-8-16(9-11-18)13-17-5-4-12-22-14-17/h2-3,6-11,17,22H,4-5,12-15H2,1H3,(H,23,24)/t17-/m1/s1. The number of ether oxygens (including phenoxy) is 1. The maximum Gasteiger partial charge on any atom is 0.251 e. The Morgan fingerprint density at radius 2 is 2.00 bits per heavy atom. The molecule has 0 bridgehead atoms. The molecule has 0 aliphatic carbocycles. The Hall–Kier alpha value is -2.33. The second kappa shape index (κ2) is 8.67. The third-order valence-electron chi connectivity index (χ3n) is 4.77. The summed E-state index contributed by atoms with van der Waals surface area (Å²) in [5, 5.41) is 6.41. The molecule has 1 atom stereocenters. The molecule has 3 rings (SSSR count). The van der Waals surface area contributed by atoms with Crippen LogP contribution in [0.2, 0.25) is 0 Å². The molecule has 0 spiro atoms. The van der Waals surface area contributed by atoms with E-state index in [1.807, 2.05) is 36.4 Å². The summed E-state index contributed by atoms with van der Waals surface area (Å²) in [6, 6.07) is 15.7. The van der Waals surface area contributed by atoms with Crippen LogP contribution in [0.4, 0.5) is 0 Å². The predicted octanol–water partition coefficient (Wildman–Crippen LogP) is 3.17. The molecule has 1 saturated heterocycles. The zero-order valence-electron chi connectivity index (χ0n) is 14.8. The first-order chi connectivity index (χ1) is 12.3. The van der Waals surface area contributed by atoms with Gasteiger partial charge >= 0.3 is 0 Å². The van der Waals surface area contributed by atoms with Crippen LogP contribution in [0.3, 0.4) is 0 Å². The Morgan fingerprint density at radius 1 is 1.20 bits per heavy atom. The maximum absolute atomic E-state index is 12.4. The summed E-state index contributed by atoms with van der Waals surface area (Å²) in [4.78, 5) is 12.4. The number of piperidine rings is 1. The lowest BCUT2D eigenvalue weighted by Crippen LogP contribution is -2.30. The highest BCUT2D eigenvalue weighted by atomic mass is 16.5. The molecule has 0 aromatic heterocycles. The maximum atomic E-state index is 12.4. The van der Waals surface area contributed by atoms with Gasteiger partial charge in [-0.25, -0.2) is 0 Å².